The highest BCUT2D eigenvalue weighted by molar-refractivity contribution is 5.87. The molecule has 17 heavy (non-hydrogen) atoms. The van der Waals surface area contributed by atoms with Crippen molar-refractivity contribution in [3.05, 3.63) is 35.9 Å². The fourth-order valence-corrected chi connectivity index (χ4v) is 1.33. The molecule has 0 radical (unpaired) electrons. The molecule has 0 N–H and O–H groups in total. The summed E-state index contributed by atoms with van der Waals surface area (Å²) in [6.07, 6.45) is 3.22. The zero-order valence-electron chi connectivity index (χ0n) is 10.5. The van der Waals surface area contributed by atoms with Crippen LogP contribution in [0.5, 0.6) is 5.75 Å². The van der Waals surface area contributed by atoms with Gasteiger partial charge in [0, 0.05) is 11.6 Å². The summed E-state index contributed by atoms with van der Waals surface area (Å²) in [5, 5.41) is 0. The molecule has 1 aromatic rings. The van der Waals surface area contributed by atoms with Gasteiger partial charge in [-0.3, -0.25) is 0 Å². The quantitative estimate of drug-likeness (QED) is 0.580. The van der Waals surface area contributed by atoms with Crippen LogP contribution in [0.1, 0.15) is 26.3 Å². The van der Waals surface area contributed by atoms with Crippen LogP contribution in [0.3, 0.4) is 0 Å². The smallest absolute Gasteiger partial charge is 0.330 e. The third kappa shape index (κ3) is 4.72. The van der Waals surface area contributed by atoms with E-state index in [0.717, 1.165) is 11.3 Å². The lowest BCUT2D eigenvalue weighted by molar-refractivity contribution is -0.137. The minimum atomic E-state index is -0.341. The summed E-state index contributed by atoms with van der Waals surface area (Å²) in [6, 6.07) is 7.58. The number of para-hydroxylation sites is 1. The van der Waals surface area contributed by atoms with Crippen LogP contribution in [0.15, 0.2) is 30.3 Å². The molecule has 0 amide bonds. The van der Waals surface area contributed by atoms with Crippen molar-refractivity contribution in [3.8, 4) is 5.75 Å². The average Bonchev–Trinajstić information content (AvgIpc) is 2.27. The van der Waals surface area contributed by atoms with Crippen LogP contribution in [0.25, 0.3) is 6.08 Å². The second kappa shape index (κ2) is 6.74. The average molecular weight is 234 g/mol. The van der Waals surface area contributed by atoms with E-state index in [0.29, 0.717) is 6.61 Å². The molecule has 0 aromatic heterocycles. The number of carbonyl (C=O) groups is 1. The summed E-state index contributed by atoms with van der Waals surface area (Å²) in [4.78, 5) is 11.2. The number of rotatable bonds is 5. The summed E-state index contributed by atoms with van der Waals surface area (Å²) < 4.78 is 10.5. The normalized spacial score (nSPS) is 10.8. The van der Waals surface area contributed by atoms with E-state index in [2.05, 4.69) is 0 Å². The van der Waals surface area contributed by atoms with E-state index in [1.54, 1.807) is 13.0 Å². The Morgan fingerprint density at radius 1 is 1.35 bits per heavy atom. The molecule has 0 heterocycles. The third-order valence-corrected chi connectivity index (χ3v) is 1.97. The number of carbonyl (C=O) groups excluding carboxylic acids is 1. The standard InChI is InChI=1S/C14H18O3/c1-4-16-14(15)10-9-12-7-5-6-8-13(12)17-11(2)3/h5-11H,4H2,1-3H3/b10-9+. The lowest BCUT2D eigenvalue weighted by Gasteiger charge is -2.11. The molecule has 0 aliphatic carbocycles. The number of hydrogen-bond donors (Lipinski definition) is 0. The SMILES string of the molecule is CCOC(=O)/C=C/c1ccccc1OC(C)C. The molecule has 0 saturated carbocycles. The van der Waals surface area contributed by atoms with Crippen molar-refractivity contribution < 1.29 is 14.3 Å². The van der Waals surface area contributed by atoms with Crippen molar-refractivity contribution in [1.82, 2.24) is 0 Å². The van der Waals surface area contributed by atoms with Gasteiger partial charge in [-0.15, -0.1) is 0 Å². The zero-order chi connectivity index (χ0) is 12.7. The van der Waals surface area contributed by atoms with Gasteiger partial charge in [-0.1, -0.05) is 18.2 Å². The molecule has 0 atom stereocenters. The Bertz CT molecular complexity index is 394. The minimum absolute atomic E-state index is 0.104. The van der Waals surface area contributed by atoms with Gasteiger partial charge in [-0.2, -0.15) is 0 Å². The fourth-order valence-electron chi connectivity index (χ4n) is 1.33. The van der Waals surface area contributed by atoms with Crippen LogP contribution in [0.4, 0.5) is 0 Å². The van der Waals surface area contributed by atoms with Crippen LogP contribution in [-0.4, -0.2) is 18.7 Å². The highest BCUT2D eigenvalue weighted by Crippen LogP contribution is 2.20. The zero-order valence-corrected chi connectivity index (χ0v) is 10.5. The highest BCUT2D eigenvalue weighted by Gasteiger charge is 2.02. The van der Waals surface area contributed by atoms with E-state index < -0.39 is 0 Å². The molecule has 0 fully saturated rings. The van der Waals surface area contributed by atoms with Gasteiger partial charge in [0.2, 0.25) is 0 Å². The summed E-state index contributed by atoms with van der Waals surface area (Å²) in [5.41, 5.74) is 0.870. The number of hydrogen-bond acceptors (Lipinski definition) is 3. The lowest BCUT2D eigenvalue weighted by atomic mass is 10.2. The first kappa shape index (κ1) is 13.3. The van der Waals surface area contributed by atoms with Crippen molar-refractivity contribution in [2.45, 2.75) is 26.9 Å². The summed E-state index contributed by atoms with van der Waals surface area (Å²) in [5.74, 6) is 0.426. The van der Waals surface area contributed by atoms with E-state index in [1.807, 2.05) is 38.1 Å². The Kier molecular flexibility index (Phi) is 5.27. The van der Waals surface area contributed by atoms with E-state index in [1.165, 1.54) is 6.08 Å². The van der Waals surface area contributed by atoms with Crippen molar-refractivity contribution in [2.75, 3.05) is 6.61 Å². The lowest BCUT2D eigenvalue weighted by Crippen LogP contribution is -2.06. The van der Waals surface area contributed by atoms with Gasteiger partial charge in [0.15, 0.2) is 0 Å². The maximum absolute atomic E-state index is 11.2. The minimum Gasteiger partial charge on any atom is -0.490 e. The maximum atomic E-state index is 11.2. The molecule has 0 saturated heterocycles. The molecule has 92 valence electrons. The van der Waals surface area contributed by atoms with Gasteiger partial charge in [-0.05, 0) is 32.9 Å². The predicted molar refractivity (Wildman–Crippen MR) is 67.9 cm³/mol. The Morgan fingerprint density at radius 3 is 2.71 bits per heavy atom. The molecule has 1 aromatic carbocycles. The first-order chi connectivity index (χ1) is 8.13. The van der Waals surface area contributed by atoms with Crippen molar-refractivity contribution in [3.63, 3.8) is 0 Å². The molecule has 0 bridgehead atoms. The predicted octanol–water partition coefficient (Wildman–Crippen LogP) is 3.05. The van der Waals surface area contributed by atoms with E-state index >= 15 is 0 Å². The van der Waals surface area contributed by atoms with Gasteiger partial charge in [0.25, 0.3) is 0 Å². The van der Waals surface area contributed by atoms with Gasteiger partial charge in [0.1, 0.15) is 5.75 Å². The Hall–Kier alpha value is -1.77. The van der Waals surface area contributed by atoms with Gasteiger partial charge in [0.05, 0.1) is 12.7 Å². The van der Waals surface area contributed by atoms with Gasteiger partial charge >= 0.3 is 5.97 Å². The molecule has 0 aliphatic rings. The molecule has 3 heteroatoms. The molecule has 0 aliphatic heterocycles. The largest absolute Gasteiger partial charge is 0.490 e. The molecule has 1 rings (SSSR count). The first-order valence-corrected chi connectivity index (χ1v) is 5.74. The Labute approximate surface area is 102 Å². The van der Waals surface area contributed by atoms with Gasteiger partial charge in [-0.25, -0.2) is 4.79 Å². The monoisotopic (exact) mass is 234 g/mol. The summed E-state index contributed by atoms with van der Waals surface area (Å²) in [6.45, 7) is 6.09. The molecular formula is C14H18O3. The molecule has 0 spiro atoms. The van der Waals surface area contributed by atoms with E-state index in [4.69, 9.17) is 9.47 Å². The topological polar surface area (TPSA) is 35.5 Å². The van der Waals surface area contributed by atoms with E-state index in [-0.39, 0.29) is 12.1 Å². The summed E-state index contributed by atoms with van der Waals surface area (Å²) >= 11 is 0. The molecule has 0 unspecified atom stereocenters. The highest BCUT2D eigenvalue weighted by atomic mass is 16.5. The number of benzene rings is 1. The van der Waals surface area contributed by atoms with Crippen LogP contribution in [-0.2, 0) is 9.53 Å². The number of ether oxygens (including phenoxy) is 2. The maximum Gasteiger partial charge on any atom is 0.330 e. The first-order valence-electron chi connectivity index (χ1n) is 5.74. The van der Waals surface area contributed by atoms with Crippen molar-refractivity contribution in [2.24, 2.45) is 0 Å². The van der Waals surface area contributed by atoms with Crippen molar-refractivity contribution in [1.29, 1.82) is 0 Å². The van der Waals surface area contributed by atoms with Crippen LogP contribution in [0, 0.1) is 0 Å². The fraction of sp³-hybridized carbons (Fsp3) is 0.357. The third-order valence-electron chi connectivity index (χ3n) is 1.97. The number of esters is 1. The van der Waals surface area contributed by atoms with Gasteiger partial charge < -0.3 is 9.47 Å². The Morgan fingerprint density at radius 2 is 2.06 bits per heavy atom. The second-order valence-corrected chi connectivity index (χ2v) is 3.79. The Balaban J connectivity index is 2.79. The van der Waals surface area contributed by atoms with Crippen molar-refractivity contribution >= 4 is 12.0 Å². The van der Waals surface area contributed by atoms with Crippen LogP contribution < -0.4 is 4.74 Å². The summed E-state index contributed by atoms with van der Waals surface area (Å²) in [7, 11) is 0. The van der Waals surface area contributed by atoms with Crippen LogP contribution >= 0.6 is 0 Å². The molecular weight excluding hydrogens is 216 g/mol. The molecule has 3 nitrogen and oxygen atoms in total. The second-order valence-electron chi connectivity index (χ2n) is 3.79. The van der Waals surface area contributed by atoms with Crippen LogP contribution in [0.2, 0.25) is 0 Å². The van der Waals surface area contributed by atoms with E-state index in [9.17, 15) is 4.79 Å².